The molecular formula is C14H22N2O. The van der Waals surface area contributed by atoms with E-state index in [4.69, 9.17) is 11.5 Å². The van der Waals surface area contributed by atoms with Crippen LogP contribution in [-0.4, -0.2) is 17.3 Å². The molecule has 0 radical (unpaired) electrons. The van der Waals surface area contributed by atoms with E-state index in [-0.39, 0.29) is 5.92 Å². The zero-order chi connectivity index (χ0) is 12.3. The molecule has 0 heterocycles. The molecule has 0 spiro atoms. The lowest BCUT2D eigenvalue weighted by Gasteiger charge is -2.39. The highest BCUT2D eigenvalue weighted by atomic mass is 16.3. The number of hydrogen-bond acceptors (Lipinski definition) is 3. The molecule has 1 fully saturated rings. The summed E-state index contributed by atoms with van der Waals surface area (Å²) in [7, 11) is 0. The molecule has 3 nitrogen and oxygen atoms in total. The Morgan fingerprint density at radius 3 is 2.24 bits per heavy atom. The van der Waals surface area contributed by atoms with Crippen LogP contribution in [0.4, 0.5) is 5.69 Å². The molecule has 1 aliphatic rings. The highest BCUT2D eigenvalue weighted by Gasteiger charge is 2.37. The van der Waals surface area contributed by atoms with Gasteiger partial charge in [-0.25, -0.2) is 0 Å². The summed E-state index contributed by atoms with van der Waals surface area (Å²) in [6.07, 6.45) is 5.14. The van der Waals surface area contributed by atoms with Gasteiger partial charge in [0.1, 0.15) is 0 Å². The maximum atomic E-state index is 10.7. The van der Waals surface area contributed by atoms with Crippen LogP contribution in [0.2, 0.25) is 0 Å². The Morgan fingerprint density at radius 1 is 1.12 bits per heavy atom. The van der Waals surface area contributed by atoms with Gasteiger partial charge >= 0.3 is 0 Å². The number of rotatable bonds is 3. The Hall–Kier alpha value is -1.06. The predicted octanol–water partition coefficient (Wildman–Crippen LogP) is 2.01. The first kappa shape index (κ1) is 12.4. The fraction of sp³-hybridized carbons (Fsp3) is 0.571. The second-order valence-corrected chi connectivity index (χ2v) is 5.12. The molecule has 0 aliphatic heterocycles. The lowest BCUT2D eigenvalue weighted by molar-refractivity contribution is -0.0194. The summed E-state index contributed by atoms with van der Waals surface area (Å²) in [5, 5.41) is 10.7. The van der Waals surface area contributed by atoms with E-state index in [0.717, 1.165) is 36.9 Å². The van der Waals surface area contributed by atoms with E-state index in [1.807, 2.05) is 24.3 Å². The first-order chi connectivity index (χ1) is 8.15. The molecule has 1 aromatic carbocycles. The highest BCUT2D eigenvalue weighted by molar-refractivity contribution is 5.41. The molecule has 1 aliphatic carbocycles. The van der Waals surface area contributed by atoms with Crippen LogP contribution < -0.4 is 11.5 Å². The third kappa shape index (κ3) is 2.61. The van der Waals surface area contributed by atoms with Gasteiger partial charge in [-0.05, 0) is 30.5 Å². The number of nitrogen functional groups attached to an aromatic ring is 1. The molecule has 0 amide bonds. The molecule has 5 N–H and O–H groups in total. The molecule has 0 bridgehead atoms. The molecule has 94 valence electrons. The van der Waals surface area contributed by atoms with Gasteiger partial charge in [-0.3, -0.25) is 0 Å². The molecule has 0 aromatic heterocycles. The molecule has 0 saturated heterocycles. The van der Waals surface area contributed by atoms with Crippen molar-refractivity contribution in [1.82, 2.24) is 0 Å². The van der Waals surface area contributed by atoms with Crippen molar-refractivity contribution in [2.45, 2.75) is 43.6 Å². The first-order valence-electron chi connectivity index (χ1n) is 6.43. The van der Waals surface area contributed by atoms with Crippen molar-refractivity contribution < 1.29 is 5.11 Å². The van der Waals surface area contributed by atoms with E-state index in [9.17, 15) is 5.11 Å². The van der Waals surface area contributed by atoms with Crippen LogP contribution in [0.15, 0.2) is 24.3 Å². The van der Waals surface area contributed by atoms with E-state index in [1.165, 1.54) is 6.42 Å². The first-order valence-corrected chi connectivity index (χ1v) is 6.43. The third-order valence-corrected chi connectivity index (χ3v) is 3.94. The summed E-state index contributed by atoms with van der Waals surface area (Å²) >= 11 is 0. The summed E-state index contributed by atoms with van der Waals surface area (Å²) in [4.78, 5) is 0. The lowest BCUT2D eigenvalue weighted by atomic mass is 9.73. The van der Waals surface area contributed by atoms with Gasteiger partial charge in [0.2, 0.25) is 0 Å². The Balaban J connectivity index is 2.22. The topological polar surface area (TPSA) is 72.3 Å². The Bertz CT molecular complexity index is 355. The minimum absolute atomic E-state index is 0.0309. The average Bonchev–Trinajstić information content (AvgIpc) is 2.33. The number of benzene rings is 1. The molecule has 2 rings (SSSR count). The van der Waals surface area contributed by atoms with Crippen molar-refractivity contribution in [1.29, 1.82) is 0 Å². The van der Waals surface area contributed by atoms with Gasteiger partial charge in [0.05, 0.1) is 5.60 Å². The quantitative estimate of drug-likeness (QED) is 0.700. The van der Waals surface area contributed by atoms with Gasteiger partial charge in [0, 0.05) is 18.2 Å². The smallest absolute Gasteiger partial charge is 0.0728 e. The molecule has 1 saturated carbocycles. The number of anilines is 1. The summed E-state index contributed by atoms with van der Waals surface area (Å²) in [5.41, 5.74) is 12.8. The van der Waals surface area contributed by atoms with Gasteiger partial charge in [-0.15, -0.1) is 0 Å². The van der Waals surface area contributed by atoms with Crippen molar-refractivity contribution in [3.63, 3.8) is 0 Å². The van der Waals surface area contributed by atoms with Crippen molar-refractivity contribution in [2.24, 2.45) is 5.73 Å². The zero-order valence-corrected chi connectivity index (χ0v) is 10.2. The third-order valence-electron chi connectivity index (χ3n) is 3.94. The minimum Gasteiger partial charge on any atom is -0.399 e. The van der Waals surface area contributed by atoms with Crippen LogP contribution in [0.3, 0.4) is 0 Å². The maximum absolute atomic E-state index is 10.7. The maximum Gasteiger partial charge on any atom is 0.0728 e. The van der Waals surface area contributed by atoms with E-state index in [1.54, 1.807) is 0 Å². The monoisotopic (exact) mass is 234 g/mol. The zero-order valence-electron chi connectivity index (χ0n) is 10.2. The Labute approximate surface area is 103 Å². The fourth-order valence-corrected chi connectivity index (χ4v) is 2.91. The molecule has 1 aromatic rings. The number of aliphatic hydroxyl groups is 1. The van der Waals surface area contributed by atoms with Crippen molar-refractivity contribution in [2.75, 3.05) is 12.3 Å². The van der Waals surface area contributed by atoms with Crippen LogP contribution in [-0.2, 0) is 0 Å². The second-order valence-electron chi connectivity index (χ2n) is 5.12. The van der Waals surface area contributed by atoms with Crippen molar-refractivity contribution in [3.05, 3.63) is 29.8 Å². The summed E-state index contributed by atoms with van der Waals surface area (Å²) in [6.45, 7) is 0.487. The average molecular weight is 234 g/mol. The normalized spacial score (nSPS) is 21.1. The minimum atomic E-state index is -0.622. The predicted molar refractivity (Wildman–Crippen MR) is 70.7 cm³/mol. The van der Waals surface area contributed by atoms with E-state index >= 15 is 0 Å². The van der Waals surface area contributed by atoms with Crippen molar-refractivity contribution in [3.8, 4) is 0 Å². The SMILES string of the molecule is NCC(c1ccc(N)cc1)C1(O)CCCCC1. The van der Waals surface area contributed by atoms with Crippen LogP contribution in [0.1, 0.15) is 43.6 Å². The van der Waals surface area contributed by atoms with Gasteiger partial charge in [0.15, 0.2) is 0 Å². The van der Waals surface area contributed by atoms with Crippen LogP contribution in [0, 0.1) is 0 Å². The van der Waals surface area contributed by atoms with E-state index in [0.29, 0.717) is 6.54 Å². The Kier molecular flexibility index (Phi) is 3.69. The molecule has 17 heavy (non-hydrogen) atoms. The summed E-state index contributed by atoms with van der Waals surface area (Å²) < 4.78 is 0. The van der Waals surface area contributed by atoms with Gasteiger partial charge in [-0.1, -0.05) is 31.4 Å². The van der Waals surface area contributed by atoms with E-state index in [2.05, 4.69) is 0 Å². The highest BCUT2D eigenvalue weighted by Crippen LogP contribution is 2.39. The fourth-order valence-electron chi connectivity index (χ4n) is 2.91. The number of hydrogen-bond donors (Lipinski definition) is 3. The second kappa shape index (κ2) is 5.07. The van der Waals surface area contributed by atoms with Crippen molar-refractivity contribution >= 4 is 5.69 Å². The van der Waals surface area contributed by atoms with Gasteiger partial charge in [-0.2, -0.15) is 0 Å². The molecule has 1 atom stereocenters. The molecule has 1 unspecified atom stereocenters. The summed E-state index contributed by atoms with van der Waals surface area (Å²) in [6, 6.07) is 7.73. The van der Waals surface area contributed by atoms with Crippen LogP contribution >= 0.6 is 0 Å². The largest absolute Gasteiger partial charge is 0.399 e. The Morgan fingerprint density at radius 2 is 1.71 bits per heavy atom. The lowest BCUT2D eigenvalue weighted by Crippen LogP contribution is -2.41. The number of nitrogens with two attached hydrogens (primary N) is 2. The standard InChI is InChI=1S/C14H22N2O/c15-10-13(11-4-6-12(16)7-5-11)14(17)8-2-1-3-9-14/h4-7,13,17H,1-3,8-10,15-16H2. The summed E-state index contributed by atoms with van der Waals surface area (Å²) in [5.74, 6) is 0.0309. The van der Waals surface area contributed by atoms with Gasteiger partial charge in [0.25, 0.3) is 0 Å². The van der Waals surface area contributed by atoms with E-state index < -0.39 is 5.60 Å². The molecular weight excluding hydrogens is 212 g/mol. The van der Waals surface area contributed by atoms with Gasteiger partial charge < -0.3 is 16.6 Å². The molecule has 3 heteroatoms. The van der Waals surface area contributed by atoms with Crippen LogP contribution in [0.5, 0.6) is 0 Å². The van der Waals surface area contributed by atoms with Crippen LogP contribution in [0.25, 0.3) is 0 Å².